The molecule has 0 aliphatic carbocycles. The van der Waals surface area contributed by atoms with Crippen molar-refractivity contribution in [1.82, 2.24) is 19.9 Å². The molecule has 4 rings (SSSR count). The Hall–Kier alpha value is -3.45. The highest BCUT2D eigenvalue weighted by atomic mass is 32.2. The molecular weight excluding hydrogens is 420 g/mol. The van der Waals surface area contributed by atoms with Crippen LogP contribution in [0.1, 0.15) is 25.5 Å². The summed E-state index contributed by atoms with van der Waals surface area (Å²) >= 11 is 1.23. The summed E-state index contributed by atoms with van der Waals surface area (Å²) in [5, 5.41) is 4.00. The van der Waals surface area contributed by atoms with Crippen molar-refractivity contribution < 1.29 is 4.79 Å². The summed E-state index contributed by atoms with van der Waals surface area (Å²) in [5.74, 6) is 0.248. The molecular formula is C25H24N4O2S. The van der Waals surface area contributed by atoms with Gasteiger partial charge in [0.05, 0.1) is 22.9 Å². The van der Waals surface area contributed by atoms with E-state index in [2.05, 4.69) is 29.1 Å². The minimum atomic E-state index is -0.207. The number of fused-ring (bicyclic) bond motifs is 1. The lowest BCUT2D eigenvalue weighted by atomic mass is 9.96. The Morgan fingerprint density at radius 1 is 1.00 bits per heavy atom. The Balaban J connectivity index is 1.61. The molecule has 0 aliphatic heterocycles. The molecule has 32 heavy (non-hydrogen) atoms. The third kappa shape index (κ3) is 4.73. The second-order valence-electron chi connectivity index (χ2n) is 7.73. The second-order valence-corrected chi connectivity index (χ2v) is 8.68. The summed E-state index contributed by atoms with van der Waals surface area (Å²) in [4.78, 5) is 34.9. The lowest BCUT2D eigenvalue weighted by Gasteiger charge is -2.23. The molecule has 1 N–H and O–H groups in total. The van der Waals surface area contributed by atoms with E-state index in [-0.39, 0.29) is 29.2 Å². The molecule has 0 aliphatic rings. The first kappa shape index (κ1) is 21.8. The number of benzene rings is 2. The summed E-state index contributed by atoms with van der Waals surface area (Å²) in [6, 6.07) is 22.6. The first-order valence-corrected chi connectivity index (χ1v) is 11.4. The minimum Gasteiger partial charge on any atom is -0.348 e. The standard InChI is InChI=1S/C25H24N4O2S/c1-17(2)22(18-10-5-3-6-11-18)27-21(30)16-32-25-28-23-20(14-9-15-26-23)24(31)29(25)19-12-7-4-8-13-19/h3-15,17,22H,16H2,1-2H3,(H,27,30)/t22-/m1/s1. The minimum absolute atomic E-state index is 0.0909. The molecule has 0 fully saturated rings. The highest BCUT2D eigenvalue weighted by Crippen LogP contribution is 2.23. The molecule has 162 valence electrons. The van der Waals surface area contributed by atoms with Crippen molar-refractivity contribution in [3.8, 4) is 5.69 Å². The molecule has 2 aromatic heterocycles. The smallest absolute Gasteiger partial charge is 0.268 e. The monoisotopic (exact) mass is 444 g/mol. The summed E-state index contributed by atoms with van der Waals surface area (Å²) < 4.78 is 1.54. The Kier molecular flexibility index (Phi) is 6.66. The predicted octanol–water partition coefficient (Wildman–Crippen LogP) is 4.39. The van der Waals surface area contributed by atoms with E-state index in [1.54, 1.807) is 22.9 Å². The lowest BCUT2D eigenvalue weighted by molar-refractivity contribution is -0.119. The summed E-state index contributed by atoms with van der Waals surface area (Å²) in [5.41, 5.74) is 1.93. The van der Waals surface area contributed by atoms with Crippen molar-refractivity contribution in [1.29, 1.82) is 0 Å². The highest BCUT2D eigenvalue weighted by Gasteiger charge is 2.20. The van der Waals surface area contributed by atoms with Crippen molar-refractivity contribution in [2.45, 2.75) is 25.0 Å². The van der Waals surface area contributed by atoms with Gasteiger partial charge in [0.25, 0.3) is 5.56 Å². The SMILES string of the molecule is CC(C)[C@@H](NC(=O)CSc1nc2ncccc2c(=O)n1-c1ccccc1)c1ccccc1. The number of nitrogens with one attached hydrogen (secondary N) is 1. The molecule has 7 heteroatoms. The van der Waals surface area contributed by atoms with Gasteiger partial charge in [-0.3, -0.25) is 14.2 Å². The molecule has 4 aromatic rings. The van der Waals surface area contributed by atoms with Gasteiger partial charge in [0.1, 0.15) is 0 Å². The van der Waals surface area contributed by atoms with Gasteiger partial charge in [0.2, 0.25) is 5.91 Å². The van der Waals surface area contributed by atoms with Gasteiger partial charge in [-0.25, -0.2) is 9.97 Å². The number of thioether (sulfide) groups is 1. The van der Waals surface area contributed by atoms with Crippen LogP contribution in [0.2, 0.25) is 0 Å². The number of amides is 1. The zero-order chi connectivity index (χ0) is 22.5. The highest BCUT2D eigenvalue weighted by molar-refractivity contribution is 7.99. The number of hydrogen-bond donors (Lipinski definition) is 1. The molecule has 0 unspecified atom stereocenters. The number of nitrogens with zero attached hydrogens (tertiary/aromatic N) is 3. The molecule has 6 nitrogen and oxygen atoms in total. The normalized spacial score (nSPS) is 12.1. The van der Waals surface area contributed by atoms with E-state index in [0.717, 1.165) is 5.56 Å². The van der Waals surface area contributed by atoms with Crippen molar-refractivity contribution in [3.63, 3.8) is 0 Å². The topological polar surface area (TPSA) is 76.9 Å². The number of para-hydroxylation sites is 1. The summed E-state index contributed by atoms with van der Waals surface area (Å²) in [6.07, 6.45) is 1.61. The molecule has 1 atom stereocenters. The van der Waals surface area contributed by atoms with Crippen LogP contribution in [0.3, 0.4) is 0 Å². The largest absolute Gasteiger partial charge is 0.348 e. The zero-order valence-corrected chi connectivity index (χ0v) is 18.8. The molecule has 0 bridgehead atoms. The van der Waals surface area contributed by atoms with Crippen LogP contribution >= 0.6 is 11.8 Å². The van der Waals surface area contributed by atoms with Gasteiger partial charge in [-0.15, -0.1) is 0 Å². The van der Waals surface area contributed by atoms with Gasteiger partial charge in [-0.2, -0.15) is 0 Å². The Morgan fingerprint density at radius 2 is 1.69 bits per heavy atom. The summed E-state index contributed by atoms with van der Waals surface area (Å²) in [6.45, 7) is 4.16. The molecule has 0 radical (unpaired) electrons. The van der Waals surface area contributed by atoms with Crippen LogP contribution in [0.25, 0.3) is 16.7 Å². The average molecular weight is 445 g/mol. The van der Waals surface area contributed by atoms with E-state index in [1.807, 2.05) is 60.7 Å². The fourth-order valence-corrected chi connectivity index (χ4v) is 4.35. The van der Waals surface area contributed by atoms with Crippen LogP contribution in [0, 0.1) is 5.92 Å². The number of carbonyl (C=O) groups is 1. The second kappa shape index (κ2) is 9.78. The van der Waals surface area contributed by atoms with E-state index >= 15 is 0 Å². The van der Waals surface area contributed by atoms with Crippen LogP contribution in [0.15, 0.2) is 88.9 Å². The van der Waals surface area contributed by atoms with Gasteiger partial charge in [0.15, 0.2) is 10.8 Å². The summed E-state index contributed by atoms with van der Waals surface area (Å²) in [7, 11) is 0. The first-order valence-electron chi connectivity index (χ1n) is 10.4. The van der Waals surface area contributed by atoms with Crippen molar-refractivity contribution in [3.05, 3.63) is 94.9 Å². The van der Waals surface area contributed by atoms with Gasteiger partial charge in [0, 0.05) is 6.20 Å². The Bertz CT molecular complexity index is 1270. The number of aromatic nitrogens is 3. The maximum Gasteiger partial charge on any atom is 0.268 e. The third-order valence-corrected chi connectivity index (χ3v) is 6.04. The fraction of sp³-hybridized carbons (Fsp3) is 0.200. The van der Waals surface area contributed by atoms with E-state index in [0.29, 0.717) is 21.9 Å². The Labute approximate surface area is 190 Å². The lowest BCUT2D eigenvalue weighted by Crippen LogP contribution is -2.33. The van der Waals surface area contributed by atoms with Crippen LogP contribution in [-0.2, 0) is 4.79 Å². The maximum absolute atomic E-state index is 13.2. The van der Waals surface area contributed by atoms with Crippen LogP contribution in [0.5, 0.6) is 0 Å². The van der Waals surface area contributed by atoms with Gasteiger partial charge in [-0.05, 0) is 35.7 Å². The molecule has 0 saturated heterocycles. The van der Waals surface area contributed by atoms with Crippen molar-refractivity contribution >= 4 is 28.7 Å². The van der Waals surface area contributed by atoms with E-state index < -0.39 is 0 Å². The molecule has 2 aromatic carbocycles. The van der Waals surface area contributed by atoms with Crippen LogP contribution < -0.4 is 10.9 Å². The third-order valence-electron chi connectivity index (χ3n) is 5.10. The van der Waals surface area contributed by atoms with Crippen molar-refractivity contribution in [2.24, 2.45) is 5.92 Å². The molecule has 1 amide bonds. The molecule has 0 saturated carbocycles. The van der Waals surface area contributed by atoms with E-state index in [4.69, 9.17) is 0 Å². The number of hydrogen-bond acceptors (Lipinski definition) is 5. The van der Waals surface area contributed by atoms with Crippen molar-refractivity contribution in [2.75, 3.05) is 5.75 Å². The predicted molar refractivity (Wildman–Crippen MR) is 128 cm³/mol. The maximum atomic E-state index is 13.2. The van der Waals surface area contributed by atoms with Gasteiger partial charge >= 0.3 is 0 Å². The van der Waals surface area contributed by atoms with E-state index in [9.17, 15) is 9.59 Å². The van der Waals surface area contributed by atoms with Gasteiger partial charge < -0.3 is 5.32 Å². The van der Waals surface area contributed by atoms with E-state index in [1.165, 1.54) is 11.8 Å². The number of carbonyl (C=O) groups excluding carboxylic acids is 1. The molecule has 2 heterocycles. The number of pyridine rings is 1. The fourth-order valence-electron chi connectivity index (χ4n) is 3.54. The first-order chi connectivity index (χ1) is 15.5. The van der Waals surface area contributed by atoms with Gasteiger partial charge in [-0.1, -0.05) is 74.1 Å². The Morgan fingerprint density at radius 3 is 2.38 bits per heavy atom. The van der Waals surface area contributed by atoms with Crippen LogP contribution in [-0.4, -0.2) is 26.2 Å². The number of rotatable bonds is 7. The van der Waals surface area contributed by atoms with Crippen LogP contribution in [0.4, 0.5) is 0 Å². The average Bonchev–Trinajstić information content (AvgIpc) is 2.82. The zero-order valence-electron chi connectivity index (χ0n) is 17.9. The quantitative estimate of drug-likeness (QED) is 0.338. The molecule has 0 spiro atoms.